The van der Waals surface area contributed by atoms with Crippen LogP contribution in [0.2, 0.25) is 0 Å². The van der Waals surface area contributed by atoms with Gasteiger partial charge in [-0.1, -0.05) is 140 Å². The smallest absolute Gasteiger partial charge is 0.0575 e. The summed E-state index contributed by atoms with van der Waals surface area (Å²) in [5.41, 5.74) is 10.8. The van der Waals surface area contributed by atoms with Crippen LogP contribution in [0, 0.1) is 0 Å². The quantitative estimate of drug-likeness (QED) is 0.178. The fourth-order valence-electron chi connectivity index (χ4n) is 7.44. The lowest BCUT2D eigenvalue weighted by molar-refractivity contribution is 1.02. The minimum Gasteiger partial charge on any atom is -0.343 e. The second-order valence-corrected chi connectivity index (χ2v) is 12.2. The van der Waals surface area contributed by atoms with Crippen molar-refractivity contribution >= 4 is 60.4 Å². The monoisotopic (exact) mass is 600 g/mol. The molecule has 0 aliphatic rings. The number of hydrogen-bond donors (Lipinski definition) is 0. The fraction of sp³-hybridized carbons (Fsp3) is 0.0222. The highest BCUT2D eigenvalue weighted by atomic mass is 15.1. The predicted octanol–water partition coefficient (Wildman–Crippen LogP) is 12.4. The van der Waals surface area contributed by atoms with Crippen molar-refractivity contribution in [2.45, 2.75) is 0 Å². The van der Waals surface area contributed by atoms with Crippen LogP contribution in [0.3, 0.4) is 0 Å². The van der Waals surface area contributed by atoms with Crippen molar-refractivity contribution in [2.75, 3.05) is 4.90 Å². The summed E-state index contributed by atoms with van der Waals surface area (Å²) in [5.74, 6) is 0. The third-order valence-electron chi connectivity index (χ3n) is 9.57. The molecule has 0 N–H and O–H groups in total. The van der Waals surface area contributed by atoms with Crippen LogP contribution >= 0.6 is 0 Å². The standard InChI is InChI=1S/C45H32N2/c1-46-44-37(21-12-22-42(44)43-40-19-10-8-17-38(40)39-18-9-11-20-41(39)45(43)46)33-25-23-31(24-26-33)32-27-29-36(30-28-32)47(34-13-4-2-5-14-34)35-15-6-3-7-16-35/h2-30H,1H3. The maximum Gasteiger partial charge on any atom is 0.0575 e. The number of aromatic nitrogens is 1. The molecule has 0 unspecified atom stereocenters. The van der Waals surface area contributed by atoms with Crippen molar-refractivity contribution in [2.24, 2.45) is 7.05 Å². The molecule has 0 fully saturated rings. The zero-order valence-corrected chi connectivity index (χ0v) is 26.1. The Kier molecular flexibility index (Phi) is 6.39. The zero-order chi connectivity index (χ0) is 31.3. The number of para-hydroxylation sites is 3. The summed E-state index contributed by atoms with van der Waals surface area (Å²) in [6.07, 6.45) is 0. The van der Waals surface area contributed by atoms with E-state index in [0.29, 0.717) is 0 Å². The molecule has 0 amide bonds. The van der Waals surface area contributed by atoms with Crippen LogP contribution in [-0.2, 0) is 7.05 Å². The lowest BCUT2D eigenvalue weighted by Crippen LogP contribution is -2.09. The summed E-state index contributed by atoms with van der Waals surface area (Å²) in [7, 11) is 2.22. The number of fused-ring (bicyclic) bond motifs is 8. The minimum absolute atomic E-state index is 1.13. The molecule has 0 aliphatic carbocycles. The number of hydrogen-bond acceptors (Lipinski definition) is 1. The number of nitrogens with zero attached hydrogens (tertiary/aromatic N) is 2. The van der Waals surface area contributed by atoms with Gasteiger partial charge in [-0.05, 0) is 69.2 Å². The highest BCUT2D eigenvalue weighted by Gasteiger charge is 2.18. The van der Waals surface area contributed by atoms with Gasteiger partial charge in [0.2, 0.25) is 0 Å². The number of aryl methyl sites for hydroxylation is 1. The van der Waals surface area contributed by atoms with Crippen LogP contribution in [0.25, 0.3) is 65.6 Å². The van der Waals surface area contributed by atoms with Gasteiger partial charge in [-0.3, -0.25) is 0 Å². The molecule has 2 heteroatoms. The van der Waals surface area contributed by atoms with Crippen molar-refractivity contribution in [3.05, 3.63) is 176 Å². The molecule has 9 aromatic rings. The Labute approximate surface area is 274 Å². The average Bonchev–Trinajstić information content (AvgIpc) is 3.46. The summed E-state index contributed by atoms with van der Waals surface area (Å²) in [6.45, 7) is 0. The van der Waals surface area contributed by atoms with E-state index < -0.39 is 0 Å². The first-order chi connectivity index (χ1) is 23.3. The molecule has 222 valence electrons. The minimum atomic E-state index is 1.13. The first-order valence-electron chi connectivity index (χ1n) is 16.2. The first-order valence-corrected chi connectivity index (χ1v) is 16.2. The summed E-state index contributed by atoms with van der Waals surface area (Å²) in [6, 6.07) is 63.4. The predicted molar refractivity (Wildman–Crippen MR) is 201 cm³/mol. The lowest BCUT2D eigenvalue weighted by atomic mass is 9.95. The van der Waals surface area contributed by atoms with Crippen molar-refractivity contribution in [3.8, 4) is 22.3 Å². The first kappa shape index (κ1) is 27.2. The number of anilines is 3. The van der Waals surface area contributed by atoms with E-state index in [1.54, 1.807) is 0 Å². The maximum absolute atomic E-state index is 2.41. The molecule has 1 aromatic heterocycles. The second-order valence-electron chi connectivity index (χ2n) is 12.2. The summed E-state index contributed by atoms with van der Waals surface area (Å²) >= 11 is 0. The van der Waals surface area contributed by atoms with E-state index >= 15 is 0 Å². The SMILES string of the molecule is Cn1c2c(-c3ccc(-c4ccc(N(c5ccccc5)c5ccccc5)cc4)cc3)cccc2c2c3ccccc3c3ccccc3c21. The molecule has 0 aliphatic heterocycles. The molecule has 8 aromatic carbocycles. The van der Waals surface area contributed by atoms with Crippen LogP contribution in [-0.4, -0.2) is 4.57 Å². The van der Waals surface area contributed by atoms with Gasteiger partial charge in [-0.15, -0.1) is 0 Å². The van der Waals surface area contributed by atoms with Crippen molar-refractivity contribution in [1.29, 1.82) is 0 Å². The van der Waals surface area contributed by atoms with E-state index in [1.165, 1.54) is 65.6 Å². The molecule has 0 saturated carbocycles. The van der Waals surface area contributed by atoms with Crippen LogP contribution in [0.4, 0.5) is 17.1 Å². The lowest BCUT2D eigenvalue weighted by Gasteiger charge is -2.25. The maximum atomic E-state index is 2.41. The average molecular weight is 601 g/mol. The third-order valence-corrected chi connectivity index (χ3v) is 9.57. The molecule has 47 heavy (non-hydrogen) atoms. The van der Waals surface area contributed by atoms with Crippen LogP contribution in [0.1, 0.15) is 0 Å². The van der Waals surface area contributed by atoms with E-state index in [9.17, 15) is 0 Å². The number of rotatable bonds is 5. The van der Waals surface area contributed by atoms with Crippen molar-refractivity contribution in [1.82, 2.24) is 4.57 Å². The Bertz CT molecular complexity index is 2500. The van der Waals surface area contributed by atoms with Crippen LogP contribution < -0.4 is 4.90 Å². The Hall–Kier alpha value is -6.12. The van der Waals surface area contributed by atoms with Gasteiger partial charge < -0.3 is 9.47 Å². The molecule has 0 saturated heterocycles. The van der Waals surface area contributed by atoms with E-state index in [0.717, 1.165) is 17.1 Å². The third kappa shape index (κ3) is 4.41. The molecule has 1 heterocycles. The van der Waals surface area contributed by atoms with E-state index in [1.807, 2.05) is 0 Å². The van der Waals surface area contributed by atoms with Gasteiger partial charge in [0.25, 0.3) is 0 Å². The zero-order valence-electron chi connectivity index (χ0n) is 26.1. The molecule has 0 bridgehead atoms. The van der Waals surface area contributed by atoms with Gasteiger partial charge in [0.15, 0.2) is 0 Å². The van der Waals surface area contributed by atoms with Gasteiger partial charge in [-0.2, -0.15) is 0 Å². The van der Waals surface area contributed by atoms with Crippen LogP contribution in [0.15, 0.2) is 176 Å². The van der Waals surface area contributed by atoms with E-state index in [-0.39, 0.29) is 0 Å². The highest BCUT2D eigenvalue weighted by molar-refractivity contribution is 6.32. The molecule has 0 radical (unpaired) electrons. The van der Waals surface area contributed by atoms with Gasteiger partial charge in [0.1, 0.15) is 0 Å². The highest BCUT2D eigenvalue weighted by Crippen LogP contribution is 2.43. The van der Waals surface area contributed by atoms with E-state index in [2.05, 4.69) is 192 Å². The summed E-state index contributed by atoms with van der Waals surface area (Å²) in [5, 5.41) is 7.83. The fourth-order valence-corrected chi connectivity index (χ4v) is 7.44. The molecular weight excluding hydrogens is 569 g/mol. The van der Waals surface area contributed by atoms with Crippen molar-refractivity contribution in [3.63, 3.8) is 0 Å². The Morgan fingerprint density at radius 1 is 0.340 bits per heavy atom. The summed E-state index contributed by atoms with van der Waals surface area (Å²) in [4.78, 5) is 2.30. The van der Waals surface area contributed by atoms with E-state index in [4.69, 9.17) is 0 Å². The molecule has 2 nitrogen and oxygen atoms in total. The van der Waals surface area contributed by atoms with Gasteiger partial charge >= 0.3 is 0 Å². The number of benzene rings is 8. The molecule has 9 rings (SSSR count). The largest absolute Gasteiger partial charge is 0.343 e. The molecule has 0 atom stereocenters. The van der Waals surface area contributed by atoms with Gasteiger partial charge in [0.05, 0.1) is 11.0 Å². The van der Waals surface area contributed by atoms with Crippen LogP contribution in [0.5, 0.6) is 0 Å². The summed E-state index contributed by atoms with van der Waals surface area (Å²) < 4.78 is 2.41. The van der Waals surface area contributed by atoms with Gasteiger partial charge in [-0.25, -0.2) is 0 Å². The topological polar surface area (TPSA) is 8.17 Å². The van der Waals surface area contributed by atoms with Gasteiger partial charge in [0, 0.05) is 45.8 Å². The second kappa shape index (κ2) is 11.0. The molecular formula is C45H32N2. The Morgan fingerprint density at radius 2 is 0.787 bits per heavy atom. The normalized spacial score (nSPS) is 11.5. The molecule has 0 spiro atoms. The Morgan fingerprint density at radius 3 is 1.40 bits per heavy atom. The Balaban J connectivity index is 1.12. The van der Waals surface area contributed by atoms with Crippen molar-refractivity contribution < 1.29 is 0 Å².